The molecule has 0 spiro atoms. The number of hydrogen-bond donors (Lipinski definition) is 0. The third-order valence-corrected chi connectivity index (χ3v) is 10.1. The van der Waals surface area contributed by atoms with Gasteiger partial charge in [-0.25, -0.2) is 19.9 Å². The number of rotatable bonds is 4. The molecule has 48 heavy (non-hydrogen) atoms. The van der Waals surface area contributed by atoms with Crippen LogP contribution in [0, 0.1) is 0 Å². The highest BCUT2D eigenvalue weighted by molar-refractivity contribution is 7.25. The molecule has 0 N–H and O–H groups in total. The van der Waals surface area contributed by atoms with E-state index in [0.29, 0.717) is 11.6 Å². The molecule has 0 aliphatic rings. The van der Waals surface area contributed by atoms with Crippen molar-refractivity contribution in [1.29, 1.82) is 0 Å². The monoisotopic (exact) mass is 631 g/mol. The van der Waals surface area contributed by atoms with E-state index in [1.165, 1.54) is 21.0 Å². The summed E-state index contributed by atoms with van der Waals surface area (Å²) in [6, 6.07) is 52.7. The minimum Gasteiger partial charge on any atom is -0.309 e. The van der Waals surface area contributed by atoms with E-state index in [-0.39, 0.29) is 0 Å². The van der Waals surface area contributed by atoms with Crippen molar-refractivity contribution < 1.29 is 0 Å². The number of para-hydroxylation sites is 3. The van der Waals surface area contributed by atoms with Crippen LogP contribution < -0.4 is 0 Å². The van der Waals surface area contributed by atoms with Crippen molar-refractivity contribution in [1.82, 2.24) is 24.5 Å². The standard InChI is InChI=1S/C42H25N5S/c1-3-13-26(14-4-1)39-37-31-19-9-12-22-36(31)48-42(37)46-41(45-39)40-43-33-20-10-7-18-30(33)38(44-40)27-23-24-35-32(25-27)29-17-8-11-21-34(29)47(35)28-15-5-2-6-16-28/h1-25H. The molecular formula is C42H25N5S. The van der Waals surface area contributed by atoms with Crippen molar-refractivity contribution >= 4 is 64.3 Å². The molecule has 0 amide bonds. The number of thiophene rings is 1. The summed E-state index contributed by atoms with van der Waals surface area (Å²) in [5, 5.41) is 5.57. The maximum atomic E-state index is 5.25. The molecule has 5 nitrogen and oxygen atoms in total. The van der Waals surface area contributed by atoms with Crippen LogP contribution >= 0.6 is 11.3 Å². The predicted octanol–water partition coefficient (Wildman–Crippen LogP) is 10.9. The first-order chi connectivity index (χ1) is 23.8. The first kappa shape index (κ1) is 26.9. The van der Waals surface area contributed by atoms with E-state index >= 15 is 0 Å². The van der Waals surface area contributed by atoms with E-state index in [0.717, 1.165) is 60.2 Å². The molecular weight excluding hydrogens is 607 g/mol. The summed E-state index contributed by atoms with van der Waals surface area (Å²) in [6.45, 7) is 0. The highest BCUT2D eigenvalue weighted by Gasteiger charge is 2.20. The van der Waals surface area contributed by atoms with Crippen molar-refractivity contribution in [2.75, 3.05) is 0 Å². The SMILES string of the molecule is c1ccc(-c2nc(-c3nc(-c4ccc5c(c4)c4ccccc4n5-c4ccccc4)c4ccccc4n3)nc3sc4ccccc4c23)cc1. The van der Waals surface area contributed by atoms with E-state index in [4.69, 9.17) is 19.9 Å². The van der Waals surface area contributed by atoms with Gasteiger partial charge in [0.15, 0.2) is 11.6 Å². The summed E-state index contributed by atoms with van der Waals surface area (Å²) >= 11 is 1.68. The minimum absolute atomic E-state index is 0.507. The molecule has 6 heteroatoms. The van der Waals surface area contributed by atoms with Crippen LogP contribution in [0.3, 0.4) is 0 Å². The molecule has 10 aromatic rings. The van der Waals surface area contributed by atoms with Crippen LogP contribution in [0.1, 0.15) is 0 Å². The second-order valence-electron chi connectivity index (χ2n) is 11.9. The largest absolute Gasteiger partial charge is 0.309 e. The molecule has 224 valence electrons. The molecule has 0 saturated heterocycles. The molecule has 4 heterocycles. The Morgan fingerprint density at radius 3 is 1.94 bits per heavy atom. The summed E-state index contributed by atoms with van der Waals surface area (Å²) < 4.78 is 3.51. The lowest BCUT2D eigenvalue weighted by molar-refractivity contribution is 1.13. The summed E-state index contributed by atoms with van der Waals surface area (Å²) in [7, 11) is 0. The molecule has 4 aromatic heterocycles. The van der Waals surface area contributed by atoms with Gasteiger partial charge in [0, 0.05) is 48.4 Å². The lowest BCUT2D eigenvalue weighted by Crippen LogP contribution is -2.00. The van der Waals surface area contributed by atoms with Crippen LogP contribution in [0.25, 0.3) is 92.9 Å². The van der Waals surface area contributed by atoms with Gasteiger partial charge in [-0.3, -0.25) is 0 Å². The Labute approximate surface area is 279 Å². The zero-order chi connectivity index (χ0) is 31.6. The Morgan fingerprint density at radius 2 is 1.08 bits per heavy atom. The minimum atomic E-state index is 0.507. The fraction of sp³-hybridized carbons (Fsp3) is 0. The summed E-state index contributed by atoms with van der Waals surface area (Å²) in [5.41, 5.74) is 8.11. The number of nitrogens with zero attached hydrogens (tertiary/aromatic N) is 5. The third-order valence-electron chi connectivity index (χ3n) is 9.05. The van der Waals surface area contributed by atoms with Crippen molar-refractivity contribution in [3.8, 4) is 39.9 Å². The topological polar surface area (TPSA) is 56.5 Å². The Morgan fingerprint density at radius 1 is 0.438 bits per heavy atom. The Kier molecular flexibility index (Phi) is 5.98. The molecule has 0 fully saturated rings. The average Bonchev–Trinajstić information content (AvgIpc) is 3.70. The van der Waals surface area contributed by atoms with Crippen molar-refractivity contribution in [3.63, 3.8) is 0 Å². The van der Waals surface area contributed by atoms with Gasteiger partial charge in [0.25, 0.3) is 0 Å². The number of fused-ring (bicyclic) bond motifs is 7. The van der Waals surface area contributed by atoms with Gasteiger partial charge in [-0.05, 0) is 42.5 Å². The van der Waals surface area contributed by atoms with E-state index in [2.05, 4.69) is 120 Å². The predicted molar refractivity (Wildman–Crippen MR) is 199 cm³/mol. The van der Waals surface area contributed by atoms with Gasteiger partial charge in [0.1, 0.15) is 4.83 Å². The molecule has 0 radical (unpaired) electrons. The molecule has 0 bridgehead atoms. The molecule has 0 saturated carbocycles. The van der Waals surface area contributed by atoms with E-state index in [1.54, 1.807) is 11.3 Å². The van der Waals surface area contributed by atoms with Crippen LogP contribution in [-0.4, -0.2) is 24.5 Å². The molecule has 6 aromatic carbocycles. The summed E-state index contributed by atoms with van der Waals surface area (Å²) in [6.07, 6.45) is 0. The van der Waals surface area contributed by atoms with Crippen molar-refractivity contribution in [2.45, 2.75) is 0 Å². The van der Waals surface area contributed by atoms with Gasteiger partial charge in [0.2, 0.25) is 0 Å². The van der Waals surface area contributed by atoms with E-state index in [9.17, 15) is 0 Å². The van der Waals surface area contributed by atoms with Gasteiger partial charge < -0.3 is 4.57 Å². The van der Waals surface area contributed by atoms with Gasteiger partial charge in [0.05, 0.1) is 27.9 Å². The highest BCUT2D eigenvalue weighted by atomic mass is 32.1. The maximum Gasteiger partial charge on any atom is 0.199 e. The zero-order valence-corrected chi connectivity index (χ0v) is 26.4. The second-order valence-corrected chi connectivity index (χ2v) is 12.9. The van der Waals surface area contributed by atoms with E-state index < -0.39 is 0 Å². The lowest BCUT2D eigenvalue weighted by atomic mass is 10.0. The van der Waals surface area contributed by atoms with Crippen molar-refractivity contribution in [2.24, 2.45) is 0 Å². The number of benzene rings is 6. The van der Waals surface area contributed by atoms with Crippen LogP contribution in [0.5, 0.6) is 0 Å². The molecule has 0 unspecified atom stereocenters. The average molecular weight is 632 g/mol. The van der Waals surface area contributed by atoms with Gasteiger partial charge in [-0.2, -0.15) is 0 Å². The first-order valence-corrected chi connectivity index (χ1v) is 16.7. The smallest absolute Gasteiger partial charge is 0.199 e. The fourth-order valence-electron chi connectivity index (χ4n) is 6.90. The molecule has 0 atom stereocenters. The zero-order valence-electron chi connectivity index (χ0n) is 25.6. The Hall–Kier alpha value is -6.24. The van der Waals surface area contributed by atoms with Gasteiger partial charge in [-0.15, -0.1) is 11.3 Å². The highest BCUT2D eigenvalue weighted by Crippen LogP contribution is 2.40. The quantitative estimate of drug-likeness (QED) is 0.194. The molecule has 10 rings (SSSR count). The fourth-order valence-corrected chi connectivity index (χ4v) is 7.98. The van der Waals surface area contributed by atoms with Gasteiger partial charge in [-0.1, -0.05) is 109 Å². The Bertz CT molecular complexity index is 2840. The van der Waals surface area contributed by atoms with Crippen LogP contribution in [0.15, 0.2) is 152 Å². The van der Waals surface area contributed by atoms with Gasteiger partial charge >= 0.3 is 0 Å². The van der Waals surface area contributed by atoms with Crippen LogP contribution in [0.4, 0.5) is 0 Å². The molecule has 0 aliphatic carbocycles. The summed E-state index contributed by atoms with van der Waals surface area (Å²) in [5.74, 6) is 1.02. The summed E-state index contributed by atoms with van der Waals surface area (Å²) in [4.78, 5) is 21.5. The van der Waals surface area contributed by atoms with Crippen LogP contribution in [-0.2, 0) is 0 Å². The van der Waals surface area contributed by atoms with Crippen LogP contribution in [0.2, 0.25) is 0 Å². The lowest BCUT2D eigenvalue weighted by Gasteiger charge is -2.11. The molecule has 0 aliphatic heterocycles. The maximum absolute atomic E-state index is 5.25. The third kappa shape index (κ3) is 4.16. The first-order valence-electron chi connectivity index (χ1n) is 15.9. The number of hydrogen-bond acceptors (Lipinski definition) is 5. The second kappa shape index (κ2) is 10.7. The normalized spacial score (nSPS) is 11.8. The van der Waals surface area contributed by atoms with Crippen molar-refractivity contribution in [3.05, 3.63) is 152 Å². The Balaban J connectivity index is 1.22. The van der Waals surface area contributed by atoms with E-state index in [1.807, 2.05) is 36.4 Å². The number of aromatic nitrogens is 5.